The molecular weight excluding hydrogens is 226 g/mol. The predicted molar refractivity (Wildman–Crippen MR) is 75.3 cm³/mol. The number of anilines is 1. The van der Waals surface area contributed by atoms with Crippen LogP contribution in [0.15, 0.2) is 24.3 Å². The summed E-state index contributed by atoms with van der Waals surface area (Å²) < 4.78 is 0. The number of para-hydroxylation sites is 1. The van der Waals surface area contributed by atoms with Crippen LogP contribution in [0, 0.1) is 0 Å². The van der Waals surface area contributed by atoms with Gasteiger partial charge in [0.25, 0.3) is 0 Å². The normalized spacial score (nSPS) is 10.4. The summed E-state index contributed by atoms with van der Waals surface area (Å²) in [7, 11) is 0. The molecule has 0 aromatic heterocycles. The first kappa shape index (κ1) is 14.7. The zero-order valence-electron chi connectivity index (χ0n) is 11.4. The monoisotopic (exact) mass is 249 g/mol. The molecule has 3 heteroatoms. The van der Waals surface area contributed by atoms with Crippen LogP contribution in [0.5, 0.6) is 0 Å². The number of carbonyl (C=O) groups excluding carboxylic acids is 1. The van der Waals surface area contributed by atoms with Crippen molar-refractivity contribution in [2.45, 2.75) is 33.1 Å². The smallest absolute Gasteiger partial charge is 0.164 e. The third-order valence-corrected chi connectivity index (χ3v) is 3.02. The van der Waals surface area contributed by atoms with Crippen molar-refractivity contribution >= 4 is 11.5 Å². The summed E-state index contributed by atoms with van der Waals surface area (Å²) in [5.41, 5.74) is 1.72. The van der Waals surface area contributed by atoms with Gasteiger partial charge in [0.05, 0.1) is 6.61 Å². The predicted octanol–water partition coefficient (Wildman–Crippen LogP) is 2.88. The lowest BCUT2D eigenvalue weighted by Crippen LogP contribution is -2.29. The van der Waals surface area contributed by atoms with Crippen LogP contribution < -0.4 is 4.90 Å². The van der Waals surface area contributed by atoms with Crippen LogP contribution in [0.1, 0.15) is 43.5 Å². The highest BCUT2D eigenvalue weighted by Gasteiger charge is 2.14. The van der Waals surface area contributed by atoms with Gasteiger partial charge in [0.1, 0.15) is 0 Å². The van der Waals surface area contributed by atoms with E-state index >= 15 is 0 Å². The Kier molecular flexibility index (Phi) is 6.44. The van der Waals surface area contributed by atoms with E-state index in [0.29, 0.717) is 13.0 Å². The minimum absolute atomic E-state index is 0.109. The number of unbranched alkanes of at least 4 members (excludes halogenated alkanes) is 1. The van der Waals surface area contributed by atoms with E-state index in [1.54, 1.807) is 0 Å². The van der Waals surface area contributed by atoms with Crippen molar-refractivity contribution in [3.63, 3.8) is 0 Å². The first-order chi connectivity index (χ1) is 8.74. The quantitative estimate of drug-likeness (QED) is 0.720. The van der Waals surface area contributed by atoms with Crippen LogP contribution in [0.3, 0.4) is 0 Å². The molecule has 0 spiro atoms. The maximum Gasteiger partial charge on any atom is 0.164 e. The Morgan fingerprint density at radius 2 is 1.94 bits per heavy atom. The van der Waals surface area contributed by atoms with Crippen LogP contribution in [-0.4, -0.2) is 30.6 Å². The lowest BCUT2D eigenvalue weighted by Gasteiger charge is -2.25. The van der Waals surface area contributed by atoms with E-state index in [4.69, 9.17) is 5.11 Å². The molecule has 0 aliphatic heterocycles. The van der Waals surface area contributed by atoms with E-state index in [-0.39, 0.29) is 12.4 Å². The van der Waals surface area contributed by atoms with Crippen molar-refractivity contribution in [2.24, 2.45) is 0 Å². The van der Waals surface area contributed by atoms with E-state index in [0.717, 1.165) is 30.6 Å². The number of ketones is 1. The van der Waals surface area contributed by atoms with Crippen molar-refractivity contribution in [1.82, 2.24) is 0 Å². The Balaban J connectivity index is 2.98. The fourth-order valence-electron chi connectivity index (χ4n) is 2.00. The zero-order chi connectivity index (χ0) is 13.4. The number of hydrogen-bond acceptors (Lipinski definition) is 3. The molecule has 0 saturated carbocycles. The molecule has 0 unspecified atom stereocenters. The number of nitrogens with zero attached hydrogens (tertiary/aromatic N) is 1. The van der Waals surface area contributed by atoms with E-state index < -0.39 is 0 Å². The summed E-state index contributed by atoms with van der Waals surface area (Å²) in [6.07, 6.45) is 2.68. The van der Waals surface area contributed by atoms with E-state index in [2.05, 4.69) is 11.8 Å². The van der Waals surface area contributed by atoms with Gasteiger partial charge < -0.3 is 10.0 Å². The molecule has 0 saturated heterocycles. The minimum atomic E-state index is 0.109. The first-order valence-electron chi connectivity index (χ1n) is 6.72. The maximum atomic E-state index is 11.9. The molecule has 3 nitrogen and oxygen atoms in total. The van der Waals surface area contributed by atoms with Crippen LogP contribution in [0.2, 0.25) is 0 Å². The lowest BCUT2D eigenvalue weighted by atomic mass is 10.1. The molecule has 1 rings (SSSR count). The Hall–Kier alpha value is -1.35. The van der Waals surface area contributed by atoms with Crippen LogP contribution in [0.4, 0.5) is 5.69 Å². The standard InChI is InChI=1S/C15H23NO2/c1-3-5-10-16(11-12-17)14-9-7-6-8-13(14)15(18)4-2/h6-9,17H,3-5,10-12H2,1-2H3. The fraction of sp³-hybridized carbons (Fsp3) is 0.533. The molecular formula is C15H23NO2. The summed E-state index contributed by atoms with van der Waals surface area (Å²) >= 11 is 0. The van der Waals surface area contributed by atoms with Gasteiger partial charge in [-0.25, -0.2) is 0 Å². The lowest BCUT2D eigenvalue weighted by molar-refractivity contribution is 0.0988. The van der Waals surface area contributed by atoms with Crippen LogP contribution in [-0.2, 0) is 0 Å². The number of Topliss-reactive ketones (excluding diaryl/α,β-unsaturated/α-hetero) is 1. The molecule has 0 heterocycles. The summed E-state index contributed by atoms with van der Waals surface area (Å²) in [6, 6.07) is 7.67. The van der Waals surface area contributed by atoms with Crippen LogP contribution >= 0.6 is 0 Å². The van der Waals surface area contributed by atoms with Gasteiger partial charge in [0.2, 0.25) is 0 Å². The van der Waals surface area contributed by atoms with Crippen molar-refractivity contribution in [3.8, 4) is 0 Å². The van der Waals surface area contributed by atoms with Gasteiger partial charge >= 0.3 is 0 Å². The summed E-state index contributed by atoms with van der Waals surface area (Å²) in [5.74, 6) is 0.157. The molecule has 1 N–H and O–H groups in total. The Morgan fingerprint density at radius 1 is 1.22 bits per heavy atom. The second kappa shape index (κ2) is 7.88. The summed E-state index contributed by atoms with van der Waals surface area (Å²) in [5, 5.41) is 9.16. The molecule has 0 aliphatic carbocycles. The average Bonchev–Trinajstić information content (AvgIpc) is 2.42. The van der Waals surface area contributed by atoms with Gasteiger partial charge in [-0.3, -0.25) is 4.79 Å². The molecule has 1 aromatic rings. The highest BCUT2D eigenvalue weighted by molar-refractivity contribution is 6.01. The number of aliphatic hydroxyl groups excluding tert-OH is 1. The second-order valence-corrected chi connectivity index (χ2v) is 4.36. The van der Waals surface area contributed by atoms with Crippen molar-refractivity contribution in [2.75, 3.05) is 24.6 Å². The topological polar surface area (TPSA) is 40.5 Å². The Labute approximate surface area is 109 Å². The van der Waals surface area contributed by atoms with Gasteiger partial charge in [-0.15, -0.1) is 0 Å². The highest BCUT2D eigenvalue weighted by atomic mass is 16.3. The van der Waals surface area contributed by atoms with Gasteiger partial charge in [-0.05, 0) is 18.6 Å². The summed E-state index contributed by atoms with van der Waals surface area (Å²) in [6.45, 7) is 5.58. The van der Waals surface area contributed by atoms with E-state index in [9.17, 15) is 4.79 Å². The number of benzene rings is 1. The molecule has 18 heavy (non-hydrogen) atoms. The first-order valence-corrected chi connectivity index (χ1v) is 6.72. The zero-order valence-corrected chi connectivity index (χ0v) is 11.4. The molecule has 1 aromatic carbocycles. The SMILES string of the molecule is CCCCN(CCO)c1ccccc1C(=O)CC. The van der Waals surface area contributed by atoms with Crippen molar-refractivity contribution in [1.29, 1.82) is 0 Å². The summed E-state index contributed by atoms with van der Waals surface area (Å²) in [4.78, 5) is 14.0. The number of carbonyl (C=O) groups is 1. The molecule has 0 amide bonds. The molecule has 0 aliphatic rings. The van der Waals surface area contributed by atoms with E-state index in [1.165, 1.54) is 0 Å². The van der Waals surface area contributed by atoms with Gasteiger partial charge in [-0.1, -0.05) is 32.4 Å². The average molecular weight is 249 g/mol. The molecule has 100 valence electrons. The van der Waals surface area contributed by atoms with Gasteiger partial charge in [0.15, 0.2) is 5.78 Å². The maximum absolute atomic E-state index is 11.9. The fourth-order valence-corrected chi connectivity index (χ4v) is 2.00. The van der Waals surface area contributed by atoms with Gasteiger partial charge in [-0.2, -0.15) is 0 Å². The van der Waals surface area contributed by atoms with Crippen molar-refractivity contribution < 1.29 is 9.90 Å². The third kappa shape index (κ3) is 3.84. The largest absolute Gasteiger partial charge is 0.395 e. The second-order valence-electron chi connectivity index (χ2n) is 4.36. The number of rotatable bonds is 8. The third-order valence-electron chi connectivity index (χ3n) is 3.02. The number of aliphatic hydroxyl groups is 1. The van der Waals surface area contributed by atoms with Gasteiger partial charge in [0, 0.05) is 30.8 Å². The van der Waals surface area contributed by atoms with E-state index in [1.807, 2.05) is 31.2 Å². The van der Waals surface area contributed by atoms with Crippen molar-refractivity contribution in [3.05, 3.63) is 29.8 Å². The molecule has 0 atom stereocenters. The Bertz CT molecular complexity index is 377. The van der Waals surface area contributed by atoms with Crippen LogP contribution in [0.25, 0.3) is 0 Å². The molecule has 0 fully saturated rings. The molecule has 0 bridgehead atoms. The number of hydrogen-bond donors (Lipinski definition) is 1. The minimum Gasteiger partial charge on any atom is -0.395 e. The molecule has 0 radical (unpaired) electrons. The Morgan fingerprint density at radius 3 is 2.56 bits per heavy atom. The highest BCUT2D eigenvalue weighted by Crippen LogP contribution is 2.22.